The molecule has 9 rings (SSSR count). The molecule has 0 radical (unpaired) electrons. The van der Waals surface area contributed by atoms with Crippen molar-refractivity contribution in [3.05, 3.63) is 152 Å². The van der Waals surface area contributed by atoms with Gasteiger partial charge in [-0.15, -0.1) is 0 Å². The van der Waals surface area contributed by atoms with E-state index in [1.807, 2.05) is 41.3 Å². The fraction of sp³-hybridized carbons (Fsp3) is 0.439. The standard InChI is InChI=1S/C31H33F4N3O4.C26H32F4N4O2/c1-42-29-5-2-20(16-36-7-6-21-13-23(18-39)24(19-40)14-22(21)17-36)12-28(29)37-8-10-38(11-9-37)30(41)26-15-25(32)3-4-27(26)31(33,34)35;1-3-31-8-10-32(11-9-31)18-19-4-7-24(36-2)23(16-19)33-12-14-34(15-13-33)25(35)21-17-20(27)5-6-22(21)26(28,29)30/h2-5,12-15,39-40H,6-11,16-19H2,1H3;4-7,16-17H,3,8-15,18H2,1-2H3. The molecule has 0 saturated carbocycles. The molecule has 4 heterocycles. The number of nitrogens with zero attached hydrogens (tertiary/aromatic N) is 7. The first kappa shape index (κ1) is 57.6. The van der Waals surface area contributed by atoms with Crippen LogP contribution in [0.5, 0.6) is 11.5 Å². The van der Waals surface area contributed by atoms with Crippen LogP contribution in [0.3, 0.4) is 0 Å². The summed E-state index contributed by atoms with van der Waals surface area (Å²) in [4.78, 5) is 39.9. The molecule has 0 bridgehead atoms. The lowest BCUT2D eigenvalue weighted by molar-refractivity contribution is -0.138. The first-order valence-electron chi connectivity index (χ1n) is 26.0. The van der Waals surface area contributed by atoms with Gasteiger partial charge in [-0.3, -0.25) is 19.4 Å². The highest BCUT2D eigenvalue weighted by Crippen LogP contribution is 2.37. The lowest BCUT2D eigenvalue weighted by Gasteiger charge is -2.37. The van der Waals surface area contributed by atoms with Crippen molar-refractivity contribution >= 4 is 23.2 Å². The Hall–Kier alpha value is -6.52. The van der Waals surface area contributed by atoms with Crippen molar-refractivity contribution in [1.82, 2.24) is 24.5 Å². The zero-order valence-corrected chi connectivity index (χ0v) is 43.9. The Morgan fingerprint density at radius 1 is 0.513 bits per heavy atom. The Labute approximate surface area is 448 Å². The Balaban J connectivity index is 0.000000208. The monoisotopic (exact) mass is 1100 g/mol. The van der Waals surface area contributed by atoms with E-state index in [0.717, 1.165) is 97.5 Å². The summed E-state index contributed by atoms with van der Waals surface area (Å²) in [6.45, 7) is 12.5. The number of alkyl halides is 6. The van der Waals surface area contributed by atoms with Gasteiger partial charge in [0.05, 0.1) is 61.1 Å². The van der Waals surface area contributed by atoms with Crippen molar-refractivity contribution in [2.75, 3.05) is 116 Å². The van der Waals surface area contributed by atoms with Crippen LogP contribution in [-0.4, -0.2) is 152 Å². The first-order chi connectivity index (χ1) is 37.3. The van der Waals surface area contributed by atoms with E-state index in [9.17, 15) is 54.9 Å². The molecule has 13 nitrogen and oxygen atoms in total. The van der Waals surface area contributed by atoms with Crippen LogP contribution in [0.15, 0.2) is 84.9 Å². The average Bonchev–Trinajstić information content (AvgIpc) is 3.44. The largest absolute Gasteiger partial charge is 0.495 e. The lowest BCUT2D eigenvalue weighted by Crippen LogP contribution is -2.49. The number of halogens is 8. The molecule has 3 fully saturated rings. The van der Waals surface area contributed by atoms with Gasteiger partial charge >= 0.3 is 12.4 Å². The summed E-state index contributed by atoms with van der Waals surface area (Å²) in [6.07, 6.45) is -8.68. The topological polar surface area (TPSA) is 116 Å². The Morgan fingerprint density at radius 3 is 1.35 bits per heavy atom. The van der Waals surface area contributed by atoms with Crippen molar-refractivity contribution in [3.63, 3.8) is 0 Å². The van der Waals surface area contributed by atoms with E-state index >= 15 is 0 Å². The van der Waals surface area contributed by atoms with Gasteiger partial charge in [0.15, 0.2) is 0 Å². The van der Waals surface area contributed by atoms with Crippen molar-refractivity contribution in [2.45, 2.75) is 58.5 Å². The molecule has 5 aromatic carbocycles. The average molecular weight is 1100 g/mol. The van der Waals surface area contributed by atoms with E-state index in [0.29, 0.717) is 81.1 Å². The summed E-state index contributed by atoms with van der Waals surface area (Å²) in [7, 11) is 3.17. The van der Waals surface area contributed by atoms with Gasteiger partial charge in [0.1, 0.15) is 23.1 Å². The number of hydrogen-bond donors (Lipinski definition) is 2. The number of carbonyl (C=O) groups excluding carboxylic acids is 2. The molecule has 0 unspecified atom stereocenters. The first-order valence-corrected chi connectivity index (χ1v) is 26.0. The molecule has 4 aliphatic rings. The van der Waals surface area contributed by atoms with Gasteiger partial charge in [-0.1, -0.05) is 31.2 Å². The third-order valence-electron chi connectivity index (χ3n) is 15.0. The third-order valence-corrected chi connectivity index (χ3v) is 15.0. The molecule has 3 saturated heterocycles. The van der Waals surface area contributed by atoms with Gasteiger partial charge in [-0.2, -0.15) is 26.3 Å². The minimum atomic E-state index is -4.77. The van der Waals surface area contributed by atoms with Crippen LogP contribution in [0.1, 0.15) is 72.1 Å². The van der Waals surface area contributed by atoms with Gasteiger partial charge in [-0.25, -0.2) is 8.78 Å². The molecule has 4 aliphatic heterocycles. The highest BCUT2D eigenvalue weighted by Gasteiger charge is 2.39. The van der Waals surface area contributed by atoms with Crippen molar-refractivity contribution < 1.29 is 64.4 Å². The number of aliphatic hydroxyl groups is 2. The molecule has 5 aromatic rings. The van der Waals surface area contributed by atoms with Crippen LogP contribution >= 0.6 is 0 Å². The summed E-state index contributed by atoms with van der Waals surface area (Å²) in [6, 6.07) is 19.9. The van der Waals surface area contributed by atoms with Crippen LogP contribution in [0, 0.1) is 11.6 Å². The number of carbonyl (C=O) groups is 2. The quantitative estimate of drug-likeness (QED) is 0.111. The number of piperazine rings is 3. The van der Waals surface area contributed by atoms with Gasteiger partial charge in [0, 0.05) is 105 Å². The number of fused-ring (bicyclic) bond motifs is 1. The van der Waals surface area contributed by atoms with Gasteiger partial charge < -0.3 is 44.2 Å². The normalized spacial score (nSPS) is 16.9. The smallest absolute Gasteiger partial charge is 0.417 e. The molecule has 0 spiro atoms. The van der Waals surface area contributed by atoms with E-state index in [1.165, 1.54) is 15.4 Å². The second-order valence-corrected chi connectivity index (χ2v) is 19.8. The predicted molar refractivity (Wildman–Crippen MR) is 279 cm³/mol. The maximum Gasteiger partial charge on any atom is 0.417 e. The maximum atomic E-state index is 13.8. The second-order valence-electron chi connectivity index (χ2n) is 19.8. The van der Waals surface area contributed by atoms with E-state index in [4.69, 9.17) is 9.47 Å². The van der Waals surface area contributed by atoms with Crippen LogP contribution in [0.4, 0.5) is 46.5 Å². The summed E-state index contributed by atoms with van der Waals surface area (Å²) >= 11 is 0. The fourth-order valence-corrected chi connectivity index (χ4v) is 10.7. The highest BCUT2D eigenvalue weighted by molar-refractivity contribution is 5.97. The Bertz CT molecular complexity index is 2900. The van der Waals surface area contributed by atoms with E-state index < -0.39 is 58.1 Å². The van der Waals surface area contributed by atoms with E-state index in [2.05, 4.69) is 38.7 Å². The number of hydrogen-bond acceptors (Lipinski definition) is 11. The summed E-state index contributed by atoms with van der Waals surface area (Å²) in [5, 5.41) is 19.3. The summed E-state index contributed by atoms with van der Waals surface area (Å²) < 4.78 is 119. The number of rotatable bonds is 13. The number of likely N-dealkylation sites (N-methyl/N-ethyl adjacent to an activating group) is 1. The van der Waals surface area contributed by atoms with Gasteiger partial charge in [-0.05, 0) is 107 Å². The van der Waals surface area contributed by atoms with E-state index in [-0.39, 0.29) is 39.4 Å². The zero-order chi connectivity index (χ0) is 55.9. The number of benzene rings is 5. The number of ether oxygens (including phenoxy) is 2. The Morgan fingerprint density at radius 2 is 0.936 bits per heavy atom. The van der Waals surface area contributed by atoms with Crippen LogP contribution in [-0.2, 0) is 51.6 Å². The van der Waals surface area contributed by atoms with Gasteiger partial charge in [0.25, 0.3) is 11.8 Å². The second kappa shape index (κ2) is 25.1. The minimum absolute atomic E-state index is 0.108. The molecule has 21 heteroatoms. The summed E-state index contributed by atoms with van der Waals surface area (Å²) in [5.41, 5.74) is 4.12. The summed E-state index contributed by atoms with van der Waals surface area (Å²) in [5.74, 6) is -2.07. The lowest BCUT2D eigenvalue weighted by atomic mass is 9.93. The fourth-order valence-electron chi connectivity index (χ4n) is 10.7. The SMILES string of the molecule is CCN1CCN(Cc2ccc(OC)c(N3CCN(C(=O)c4cc(F)ccc4C(F)(F)F)CC3)c2)CC1.COc1ccc(CN2CCc3cc(CO)c(CO)cc3C2)cc1N1CCN(C(=O)c2cc(F)ccc2C(F)(F)F)CC1. The van der Waals surface area contributed by atoms with Gasteiger partial charge in [0.2, 0.25) is 0 Å². The van der Waals surface area contributed by atoms with Crippen molar-refractivity contribution in [2.24, 2.45) is 0 Å². The molecule has 420 valence electrons. The molecule has 0 atom stereocenters. The molecule has 2 N–H and O–H groups in total. The zero-order valence-electron chi connectivity index (χ0n) is 43.9. The number of amides is 2. The van der Waals surface area contributed by atoms with Crippen LogP contribution < -0.4 is 19.3 Å². The molecule has 2 amide bonds. The van der Waals surface area contributed by atoms with Crippen LogP contribution in [0.25, 0.3) is 0 Å². The van der Waals surface area contributed by atoms with E-state index in [1.54, 1.807) is 14.2 Å². The van der Waals surface area contributed by atoms with Crippen LogP contribution in [0.2, 0.25) is 0 Å². The minimum Gasteiger partial charge on any atom is -0.495 e. The highest BCUT2D eigenvalue weighted by atomic mass is 19.4. The molecule has 0 aromatic heterocycles. The molecular formula is C57H65F8N7O6. The number of anilines is 2. The molecular weight excluding hydrogens is 1030 g/mol. The molecule has 78 heavy (non-hydrogen) atoms. The Kier molecular flexibility index (Phi) is 18.5. The maximum absolute atomic E-state index is 13.8. The number of methoxy groups -OCH3 is 2. The van der Waals surface area contributed by atoms with Crippen molar-refractivity contribution in [3.8, 4) is 11.5 Å². The predicted octanol–water partition coefficient (Wildman–Crippen LogP) is 8.31. The number of aliphatic hydroxyl groups excluding tert-OH is 2. The third kappa shape index (κ3) is 13.7. The van der Waals surface area contributed by atoms with Crippen molar-refractivity contribution in [1.29, 1.82) is 0 Å². The molecule has 0 aliphatic carbocycles.